The molecule has 0 N–H and O–H groups in total. The maximum absolute atomic E-state index is 2.39. The van der Waals surface area contributed by atoms with Gasteiger partial charge in [0.1, 0.15) is 0 Å². The molecule has 0 amide bonds. The summed E-state index contributed by atoms with van der Waals surface area (Å²) >= 11 is 0. The SMILES string of the molecule is Cc1cccc(N(c2cccc(C)c2)c2cc(N(c3cccc(C)c3)c3cccc(C)c3)cc(N(c3cccc(C)c3)c3cccc(C)c3)c2)c1. The van der Waals surface area contributed by atoms with Crippen molar-refractivity contribution >= 4 is 51.2 Å². The number of benzene rings is 7. The Balaban J connectivity index is 1.57. The Morgan fingerprint density at radius 3 is 0.549 bits per heavy atom. The minimum atomic E-state index is 1.06. The van der Waals surface area contributed by atoms with E-state index in [0.717, 1.165) is 51.2 Å². The lowest BCUT2D eigenvalue weighted by Gasteiger charge is -2.33. The second-order valence-corrected chi connectivity index (χ2v) is 13.7. The lowest BCUT2D eigenvalue weighted by Crippen LogP contribution is -2.16. The van der Waals surface area contributed by atoms with Gasteiger partial charge >= 0.3 is 0 Å². The molecule has 51 heavy (non-hydrogen) atoms. The Hall–Kier alpha value is -6.06. The normalized spacial score (nSPS) is 10.9. The third-order valence-corrected chi connectivity index (χ3v) is 9.22. The topological polar surface area (TPSA) is 9.72 Å². The Kier molecular flexibility index (Phi) is 9.46. The van der Waals surface area contributed by atoms with Crippen LogP contribution in [-0.2, 0) is 0 Å². The average molecular weight is 664 g/mol. The zero-order valence-electron chi connectivity index (χ0n) is 30.4. The van der Waals surface area contributed by atoms with Gasteiger partial charge in [0.05, 0.1) is 17.1 Å². The van der Waals surface area contributed by atoms with Crippen LogP contribution >= 0.6 is 0 Å². The van der Waals surface area contributed by atoms with Gasteiger partial charge in [0, 0.05) is 34.1 Å². The summed E-state index contributed by atoms with van der Waals surface area (Å²) in [4.78, 5) is 7.17. The van der Waals surface area contributed by atoms with Gasteiger partial charge in [0.25, 0.3) is 0 Å². The molecule has 0 unspecified atom stereocenters. The molecular formula is C48H45N3. The first-order valence-corrected chi connectivity index (χ1v) is 17.7. The largest absolute Gasteiger partial charge is 0.310 e. The van der Waals surface area contributed by atoms with Crippen LogP contribution in [0.1, 0.15) is 33.4 Å². The molecule has 0 aliphatic rings. The molecule has 7 rings (SSSR count). The van der Waals surface area contributed by atoms with Crippen molar-refractivity contribution in [3.63, 3.8) is 0 Å². The molecule has 0 saturated heterocycles. The molecule has 0 radical (unpaired) electrons. The van der Waals surface area contributed by atoms with Crippen LogP contribution in [-0.4, -0.2) is 0 Å². The molecule has 0 fully saturated rings. The molecule has 0 aliphatic carbocycles. The van der Waals surface area contributed by atoms with E-state index in [1.54, 1.807) is 0 Å². The highest BCUT2D eigenvalue weighted by atomic mass is 15.2. The summed E-state index contributed by atoms with van der Waals surface area (Å²) in [5.41, 5.74) is 17.1. The van der Waals surface area contributed by atoms with E-state index in [9.17, 15) is 0 Å². The highest BCUT2D eigenvalue weighted by Gasteiger charge is 2.22. The lowest BCUT2D eigenvalue weighted by molar-refractivity contribution is 1.21. The summed E-state index contributed by atoms with van der Waals surface area (Å²) in [5.74, 6) is 0. The quantitative estimate of drug-likeness (QED) is 0.152. The molecule has 7 aromatic carbocycles. The maximum atomic E-state index is 2.39. The summed E-state index contributed by atoms with van der Waals surface area (Å²) in [6.07, 6.45) is 0. The number of aryl methyl sites for hydroxylation is 6. The number of rotatable bonds is 9. The summed E-state index contributed by atoms with van der Waals surface area (Å²) in [6, 6.07) is 59.7. The van der Waals surface area contributed by atoms with Crippen LogP contribution < -0.4 is 14.7 Å². The highest BCUT2D eigenvalue weighted by Crippen LogP contribution is 2.46. The molecule has 7 aromatic rings. The maximum Gasteiger partial charge on any atom is 0.0503 e. The Bertz CT molecular complexity index is 1910. The van der Waals surface area contributed by atoms with Crippen molar-refractivity contribution in [3.8, 4) is 0 Å². The molecule has 0 aliphatic heterocycles. The highest BCUT2D eigenvalue weighted by molar-refractivity contribution is 5.89. The molecule has 0 saturated carbocycles. The van der Waals surface area contributed by atoms with E-state index in [1.165, 1.54) is 33.4 Å². The van der Waals surface area contributed by atoms with Crippen LogP contribution in [0.3, 0.4) is 0 Å². The van der Waals surface area contributed by atoms with Gasteiger partial charge in [-0.15, -0.1) is 0 Å². The van der Waals surface area contributed by atoms with E-state index in [0.29, 0.717) is 0 Å². The number of hydrogen-bond acceptors (Lipinski definition) is 3. The third kappa shape index (κ3) is 7.44. The molecule has 252 valence electrons. The fourth-order valence-corrected chi connectivity index (χ4v) is 6.91. The van der Waals surface area contributed by atoms with Crippen molar-refractivity contribution in [2.75, 3.05) is 14.7 Å². The smallest absolute Gasteiger partial charge is 0.0503 e. The van der Waals surface area contributed by atoms with Crippen molar-refractivity contribution in [1.82, 2.24) is 0 Å². The lowest BCUT2D eigenvalue weighted by atomic mass is 10.1. The molecule has 0 spiro atoms. The van der Waals surface area contributed by atoms with Crippen molar-refractivity contribution in [2.45, 2.75) is 41.5 Å². The fraction of sp³-hybridized carbons (Fsp3) is 0.125. The Labute approximate surface area is 303 Å². The molecule has 0 bridgehead atoms. The first kappa shape index (κ1) is 33.4. The van der Waals surface area contributed by atoms with E-state index < -0.39 is 0 Å². The van der Waals surface area contributed by atoms with E-state index in [-0.39, 0.29) is 0 Å². The van der Waals surface area contributed by atoms with Gasteiger partial charge in [-0.1, -0.05) is 72.8 Å². The van der Waals surface area contributed by atoms with E-state index in [1.807, 2.05) is 0 Å². The molecule has 0 aromatic heterocycles. The number of hydrogen-bond donors (Lipinski definition) is 0. The monoisotopic (exact) mass is 663 g/mol. The first-order valence-electron chi connectivity index (χ1n) is 17.7. The predicted molar refractivity (Wildman–Crippen MR) is 219 cm³/mol. The van der Waals surface area contributed by atoms with Gasteiger partial charge in [-0.25, -0.2) is 0 Å². The van der Waals surface area contributed by atoms with Crippen molar-refractivity contribution in [2.24, 2.45) is 0 Å². The minimum absolute atomic E-state index is 1.06. The van der Waals surface area contributed by atoms with Crippen molar-refractivity contribution < 1.29 is 0 Å². The zero-order chi connectivity index (χ0) is 35.5. The van der Waals surface area contributed by atoms with Gasteiger partial charge in [0.2, 0.25) is 0 Å². The Morgan fingerprint density at radius 1 is 0.216 bits per heavy atom. The number of anilines is 9. The predicted octanol–water partition coefficient (Wildman–Crippen LogP) is 13.9. The fourth-order valence-electron chi connectivity index (χ4n) is 6.91. The second kappa shape index (κ2) is 14.4. The first-order chi connectivity index (χ1) is 24.7. The van der Waals surface area contributed by atoms with Gasteiger partial charge in [-0.05, 0) is 166 Å². The van der Waals surface area contributed by atoms with E-state index >= 15 is 0 Å². The van der Waals surface area contributed by atoms with Gasteiger partial charge in [0.15, 0.2) is 0 Å². The van der Waals surface area contributed by atoms with Crippen LogP contribution in [0.2, 0.25) is 0 Å². The van der Waals surface area contributed by atoms with Crippen LogP contribution in [0.15, 0.2) is 164 Å². The minimum Gasteiger partial charge on any atom is -0.310 e. The van der Waals surface area contributed by atoms with Crippen LogP contribution in [0.25, 0.3) is 0 Å². The second-order valence-electron chi connectivity index (χ2n) is 13.7. The molecule has 0 atom stereocenters. The third-order valence-electron chi connectivity index (χ3n) is 9.22. The summed E-state index contributed by atoms with van der Waals surface area (Å²) in [6.45, 7) is 13.0. The van der Waals surface area contributed by atoms with Crippen LogP contribution in [0.5, 0.6) is 0 Å². The van der Waals surface area contributed by atoms with Gasteiger partial charge in [-0.3, -0.25) is 0 Å². The summed E-state index contributed by atoms with van der Waals surface area (Å²) in [5, 5.41) is 0. The van der Waals surface area contributed by atoms with Gasteiger partial charge < -0.3 is 14.7 Å². The Morgan fingerprint density at radius 2 is 0.392 bits per heavy atom. The standard InChI is InChI=1S/C48H45N3/c1-34-13-7-19-40(25-34)49(41-20-8-14-35(2)26-41)46-31-47(50(42-21-9-15-36(3)27-42)43-22-10-16-37(4)28-43)33-48(32-46)51(44-23-11-17-38(5)29-44)45-24-12-18-39(6)30-45/h7-33H,1-6H3. The summed E-state index contributed by atoms with van der Waals surface area (Å²) < 4.78 is 0. The molecule has 3 heteroatoms. The van der Waals surface area contributed by atoms with Crippen LogP contribution in [0, 0.1) is 41.5 Å². The van der Waals surface area contributed by atoms with Crippen LogP contribution in [0.4, 0.5) is 51.2 Å². The summed E-state index contributed by atoms with van der Waals surface area (Å²) in [7, 11) is 0. The average Bonchev–Trinajstić information content (AvgIpc) is 3.09. The molecule has 3 nitrogen and oxygen atoms in total. The van der Waals surface area contributed by atoms with Crippen molar-refractivity contribution in [3.05, 3.63) is 197 Å². The van der Waals surface area contributed by atoms with E-state index in [2.05, 4.69) is 220 Å². The molecule has 0 heterocycles. The van der Waals surface area contributed by atoms with Gasteiger partial charge in [-0.2, -0.15) is 0 Å². The molecular weight excluding hydrogens is 619 g/mol. The van der Waals surface area contributed by atoms with Crippen molar-refractivity contribution in [1.29, 1.82) is 0 Å². The van der Waals surface area contributed by atoms with E-state index in [4.69, 9.17) is 0 Å². The number of nitrogens with zero attached hydrogens (tertiary/aromatic N) is 3. The zero-order valence-corrected chi connectivity index (χ0v) is 30.4.